The Morgan fingerprint density at radius 2 is 1.89 bits per heavy atom. The number of hydrogen-bond donors (Lipinski definition) is 1. The smallest absolute Gasteiger partial charge is 0.0159 e. The molecule has 2 fully saturated rings. The zero-order chi connectivity index (χ0) is 13.4. The summed E-state index contributed by atoms with van der Waals surface area (Å²) in [5.41, 5.74) is 0.911. The van der Waals surface area contributed by atoms with E-state index in [1.54, 1.807) is 0 Å². The van der Waals surface area contributed by atoms with E-state index in [4.69, 9.17) is 0 Å². The third-order valence-corrected chi connectivity index (χ3v) is 5.42. The quantitative estimate of drug-likeness (QED) is 0.826. The molecule has 0 radical (unpaired) electrons. The fraction of sp³-hybridized carbons (Fsp3) is 1.00. The Balaban J connectivity index is 2.00. The maximum absolute atomic E-state index is 3.76. The predicted octanol–water partition coefficient (Wildman–Crippen LogP) is 3.28. The van der Waals surface area contributed by atoms with E-state index in [1.807, 2.05) is 0 Å². The summed E-state index contributed by atoms with van der Waals surface area (Å²) in [6.07, 6.45) is 5.53. The minimum atomic E-state index is 0.434. The van der Waals surface area contributed by atoms with Gasteiger partial charge in [-0.05, 0) is 64.0 Å². The maximum Gasteiger partial charge on any atom is 0.0159 e. The van der Waals surface area contributed by atoms with Crippen LogP contribution in [0.2, 0.25) is 0 Å². The normalized spacial score (nSPS) is 35.2. The van der Waals surface area contributed by atoms with Gasteiger partial charge in [-0.1, -0.05) is 20.8 Å². The average molecular weight is 252 g/mol. The molecule has 1 heterocycles. The van der Waals surface area contributed by atoms with Crippen LogP contribution >= 0.6 is 0 Å². The molecule has 2 nitrogen and oxygen atoms in total. The molecule has 1 N–H and O–H groups in total. The van der Waals surface area contributed by atoms with E-state index < -0.39 is 0 Å². The van der Waals surface area contributed by atoms with Gasteiger partial charge in [0.25, 0.3) is 0 Å². The molecule has 0 aromatic carbocycles. The van der Waals surface area contributed by atoms with Gasteiger partial charge in [-0.2, -0.15) is 0 Å². The van der Waals surface area contributed by atoms with Gasteiger partial charge in [0.15, 0.2) is 0 Å². The van der Waals surface area contributed by atoms with Crippen molar-refractivity contribution in [3.8, 4) is 0 Å². The third kappa shape index (κ3) is 2.75. The van der Waals surface area contributed by atoms with Crippen LogP contribution in [-0.2, 0) is 0 Å². The highest BCUT2D eigenvalue weighted by Gasteiger charge is 2.43. The van der Waals surface area contributed by atoms with Gasteiger partial charge in [0, 0.05) is 18.1 Å². The molecule has 2 unspecified atom stereocenters. The van der Waals surface area contributed by atoms with Crippen LogP contribution < -0.4 is 5.32 Å². The predicted molar refractivity (Wildman–Crippen MR) is 78.9 cm³/mol. The second kappa shape index (κ2) is 5.13. The molecule has 1 saturated carbocycles. The monoisotopic (exact) mass is 252 g/mol. The summed E-state index contributed by atoms with van der Waals surface area (Å²) in [4.78, 5) is 2.74. The van der Waals surface area contributed by atoms with E-state index in [0.29, 0.717) is 17.0 Å². The molecule has 1 aliphatic heterocycles. The molecule has 0 amide bonds. The Labute approximate surface area is 114 Å². The first kappa shape index (κ1) is 14.3. The van der Waals surface area contributed by atoms with Crippen molar-refractivity contribution < 1.29 is 0 Å². The van der Waals surface area contributed by atoms with E-state index in [2.05, 4.69) is 44.8 Å². The Kier molecular flexibility index (Phi) is 4.08. The van der Waals surface area contributed by atoms with Crippen LogP contribution in [0.4, 0.5) is 0 Å². The van der Waals surface area contributed by atoms with E-state index in [1.165, 1.54) is 38.8 Å². The summed E-state index contributed by atoms with van der Waals surface area (Å²) in [5, 5.41) is 3.76. The van der Waals surface area contributed by atoms with Gasteiger partial charge in [-0.25, -0.2) is 0 Å². The molecular weight excluding hydrogens is 220 g/mol. The van der Waals surface area contributed by atoms with Crippen molar-refractivity contribution in [3.63, 3.8) is 0 Å². The van der Waals surface area contributed by atoms with Gasteiger partial charge in [0.05, 0.1) is 0 Å². The van der Waals surface area contributed by atoms with Crippen LogP contribution in [0.15, 0.2) is 0 Å². The second-order valence-electron chi connectivity index (χ2n) is 7.68. The number of likely N-dealkylation sites (tertiary alicyclic amines) is 1. The molecule has 1 saturated heterocycles. The fourth-order valence-electron chi connectivity index (χ4n) is 4.16. The Hall–Kier alpha value is -0.0800. The Morgan fingerprint density at radius 3 is 2.44 bits per heavy atom. The van der Waals surface area contributed by atoms with Crippen molar-refractivity contribution >= 4 is 0 Å². The number of rotatable bonds is 4. The molecule has 2 atom stereocenters. The lowest BCUT2D eigenvalue weighted by Gasteiger charge is -2.37. The maximum atomic E-state index is 3.76. The van der Waals surface area contributed by atoms with Crippen molar-refractivity contribution in [3.05, 3.63) is 0 Å². The van der Waals surface area contributed by atoms with Crippen LogP contribution in [0.25, 0.3) is 0 Å². The van der Waals surface area contributed by atoms with Gasteiger partial charge in [0.1, 0.15) is 0 Å². The fourth-order valence-corrected chi connectivity index (χ4v) is 4.16. The van der Waals surface area contributed by atoms with Gasteiger partial charge < -0.3 is 5.32 Å². The minimum Gasteiger partial charge on any atom is -0.313 e. The van der Waals surface area contributed by atoms with Crippen LogP contribution in [0.3, 0.4) is 0 Å². The van der Waals surface area contributed by atoms with E-state index in [-0.39, 0.29) is 0 Å². The SMILES string of the molecule is CCNC1C(CN2CCCC2(C)C)CCC1(C)C. The highest BCUT2D eigenvalue weighted by Crippen LogP contribution is 2.43. The lowest BCUT2D eigenvalue weighted by atomic mass is 9.84. The van der Waals surface area contributed by atoms with E-state index in [9.17, 15) is 0 Å². The molecule has 18 heavy (non-hydrogen) atoms. The van der Waals surface area contributed by atoms with E-state index in [0.717, 1.165) is 12.5 Å². The molecule has 2 heteroatoms. The van der Waals surface area contributed by atoms with Crippen LogP contribution in [0, 0.1) is 11.3 Å². The molecule has 2 rings (SSSR count). The first-order valence-corrected chi connectivity index (χ1v) is 7.85. The molecule has 2 aliphatic rings. The second-order valence-corrected chi connectivity index (χ2v) is 7.68. The number of hydrogen-bond acceptors (Lipinski definition) is 2. The van der Waals surface area contributed by atoms with Crippen LogP contribution in [0.5, 0.6) is 0 Å². The first-order chi connectivity index (χ1) is 8.37. The highest BCUT2D eigenvalue weighted by atomic mass is 15.2. The topological polar surface area (TPSA) is 15.3 Å². The van der Waals surface area contributed by atoms with Crippen molar-refractivity contribution in [1.29, 1.82) is 0 Å². The van der Waals surface area contributed by atoms with Gasteiger partial charge in [-0.3, -0.25) is 4.90 Å². The summed E-state index contributed by atoms with van der Waals surface area (Å²) in [6, 6.07) is 0.707. The third-order valence-electron chi connectivity index (χ3n) is 5.42. The van der Waals surface area contributed by atoms with Crippen LogP contribution in [0.1, 0.15) is 60.3 Å². The molecule has 0 spiro atoms. The van der Waals surface area contributed by atoms with Gasteiger partial charge in [0.2, 0.25) is 0 Å². The van der Waals surface area contributed by atoms with Crippen molar-refractivity contribution in [2.45, 2.75) is 71.9 Å². The summed E-state index contributed by atoms with van der Waals surface area (Å²) >= 11 is 0. The minimum absolute atomic E-state index is 0.434. The van der Waals surface area contributed by atoms with Crippen molar-refractivity contribution in [2.24, 2.45) is 11.3 Å². The molecular formula is C16H32N2. The molecule has 1 aliphatic carbocycles. The lowest BCUT2D eigenvalue weighted by Crippen LogP contribution is -2.48. The highest BCUT2D eigenvalue weighted by molar-refractivity contribution is 4.99. The zero-order valence-corrected chi connectivity index (χ0v) is 13.1. The first-order valence-electron chi connectivity index (χ1n) is 7.85. The van der Waals surface area contributed by atoms with Gasteiger partial charge >= 0.3 is 0 Å². The van der Waals surface area contributed by atoms with E-state index >= 15 is 0 Å². The summed E-state index contributed by atoms with van der Waals surface area (Å²) in [6.45, 7) is 15.7. The lowest BCUT2D eigenvalue weighted by molar-refractivity contribution is 0.128. The summed E-state index contributed by atoms with van der Waals surface area (Å²) < 4.78 is 0. The van der Waals surface area contributed by atoms with Crippen molar-refractivity contribution in [1.82, 2.24) is 10.2 Å². The molecule has 106 valence electrons. The van der Waals surface area contributed by atoms with Gasteiger partial charge in [-0.15, -0.1) is 0 Å². The number of nitrogens with zero attached hydrogens (tertiary/aromatic N) is 1. The Morgan fingerprint density at radius 1 is 1.17 bits per heavy atom. The van der Waals surface area contributed by atoms with Crippen molar-refractivity contribution in [2.75, 3.05) is 19.6 Å². The largest absolute Gasteiger partial charge is 0.313 e. The zero-order valence-electron chi connectivity index (χ0n) is 13.1. The standard InChI is InChI=1S/C16H32N2/c1-6-17-14-13(8-10-15(14,2)3)12-18-11-7-9-16(18,4)5/h13-14,17H,6-12H2,1-5H3. The molecule has 0 bridgehead atoms. The molecule has 0 aromatic rings. The molecule has 0 aromatic heterocycles. The average Bonchev–Trinajstić information content (AvgIpc) is 2.73. The summed E-state index contributed by atoms with van der Waals surface area (Å²) in [7, 11) is 0. The number of nitrogens with one attached hydrogen (secondary N) is 1. The van der Waals surface area contributed by atoms with Crippen LogP contribution in [-0.4, -0.2) is 36.1 Å². The summed E-state index contributed by atoms with van der Waals surface area (Å²) in [5.74, 6) is 0.845. The Bertz CT molecular complexity index is 283.